The molecule has 0 unspecified atom stereocenters. The molecule has 4 rings (SSSR count). The van der Waals surface area contributed by atoms with Gasteiger partial charge in [-0.1, -0.05) is 29.1 Å². The fourth-order valence-corrected chi connectivity index (χ4v) is 3.75. The van der Waals surface area contributed by atoms with E-state index in [1.54, 1.807) is 19.2 Å². The summed E-state index contributed by atoms with van der Waals surface area (Å²) in [7, 11) is 1.55. The highest BCUT2D eigenvalue weighted by atomic mass is 32.2. The third kappa shape index (κ3) is 4.25. The Bertz CT molecular complexity index is 1200. The number of ether oxygens (including phenoxy) is 1. The average Bonchev–Trinajstić information content (AvgIpc) is 3.33. The predicted octanol–water partition coefficient (Wildman–Crippen LogP) is 2.61. The van der Waals surface area contributed by atoms with E-state index in [0.717, 1.165) is 11.4 Å². The van der Waals surface area contributed by atoms with Crippen LogP contribution in [0.25, 0.3) is 5.78 Å². The van der Waals surface area contributed by atoms with Gasteiger partial charge in [0.05, 0.1) is 25.0 Å². The summed E-state index contributed by atoms with van der Waals surface area (Å²) in [4.78, 5) is 20.9. The second kappa shape index (κ2) is 8.49. The normalized spacial score (nSPS) is 11.0. The van der Waals surface area contributed by atoms with Gasteiger partial charge >= 0.3 is 0 Å². The Labute approximate surface area is 176 Å². The zero-order valence-electron chi connectivity index (χ0n) is 16.6. The number of aryl methyl sites for hydroxylation is 2. The standard InChI is InChI=1S/C19H19N7O3S/c1-11-8-12(2)26-18(20-11)23-24-19(26)30-10-17-22-15(25-29-17)9-16(27)21-13-6-4-5-7-14(13)28-3/h4-8H,9-10H2,1-3H3,(H,21,27). The van der Waals surface area contributed by atoms with E-state index >= 15 is 0 Å². The van der Waals surface area contributed by atoms with E-state index in [1.807, 2.05) is 36.4 Å². The second-order valence-corrected chi connectivity index (χ2v) is 7.42. The number of methoxy groups -OCH3 is 1. The van der Waals surface area contributed by atoms with Crippen molar-refractivity contribution >= 4 is 29.1 Å². The number of thioether (sulfide) groups is 1. The van der Waals surface area contributed by atoms with Crippen LogP contribution in [-0.4, -0.2) is 42.7 Å². The molecule has 0 radical (unpaired) electrons. The molecule has 1 N–H and O–H groups in total. The number of carbonyl (C=O) groups excluding carboxylic acids is 1. The molecule has 0 aliphatic carbocycles. The zero-order chi connectivity index (χ0) is 21.1. The van der Waals surface area contributed by atoms with Crippen LogP contribution in [0.1, 0.15) is 23.1 Å². The van der Waals surface area contributed by atoms with Gasteiger partial charge in [-0.3, -0.25) is 9.20 Å². The number of aromatic nitrogens is 6. The van der Waals surface area contributed by atoms with Crippen molar-refractivity contribution in [3.8, 4) is 5.75 Å². The van der Waals surface area contributed by atoms with E-state index in [2.05, 4.69) is 30.6 Å². The van der Waals surface area contributed by atoms with E-state index < -0.39 is 0 Å². The Kier molecular flexibility index (Phi) is 5.61. The molecule has 1 amide bonds. The summed E-state index contributed by atoms with van der Waals surface area (Å²) in [6, 6.07) is 9.14. The summed E-state index contributed by atoms with van der Waals surface area (Å²) in [5, 5.41) is 15.6. The van der Waals surface area contributed by atoms with E-state index in [9.17, 15) is 4.79 Å². The van der Waals surface area contributed by atoms with Gasteiger partial charge in [0.1, 0.15) is 5.75 Å². The van der Waals surface area contributed by atoms with Crippen LogP contribution in [0.15, 0.2) is 40.0 Å². The molecule has 0 spiro atoms. The average molecular weight is 425 g/mol. The van der Waals surface area contributed by atoms with Gasteiger partial charge in [-0.25, -0.2) is 4.98 Å². The summed E-state index contributed by atoms with van der Waals surface area (Å²) >= 11 is 1.41. The van der Waals surface area contributed by atoms with Crippen LogP contribution in [0.5, 0.6) is 5.75 Å². The van der Waals surface area contributed by atoms with Gasteiger partial charge in [0, 0.05) is 11.4 Å². The van der Waals surface area contributed by atoms with Crippen molar-refractivity contribution < 1.29 is 14.1 Å². The van der Waals surface area contributed by atoms with Crippen molar-refractivity contribution in [1.82, 2.24) is 29.7 Å². The number of nitrogens with zero attached hydrogens (tertiary/aromatic N) is 6. The van der Waals surface area contributed by atoms with Gasteiger partial charge in [0.2, 0.25) is 11.8 Å². The van der Waals surface area contributed by atoms with Gasteiger partial charge < -0.3 is 14.6 Å². The fourth-order valence-electron chi connectivity index (χ4n) is 2.93. The number of fused-ring (bicyclic) bond motifs is 1. The maximum Gasteiger partial charge on any atom is 0.256 e. The summed E-state index contributed by atoms with van der Waals surface area (Å²) in [6.45, 7) is 3.89. The van der Waals surface area contributed by atoms with Crippen LogP contribution in [0.2, 0.25) is 0 Å². The van der Waals surface area contributed by atoms with Gasteiger partial charge in [-0.05, 0) is 32.0 Å². The van der Waals surface area contributed by atoms with Crippen LogP contribution in [0, 0.1) is 13.8 Å². The number of para-hydroxylation sites is 2. The van der Waals surface area contributed by atoms with Crippen LogP contribution in [0.4, 0.5) is 5.69 Å². The largest absolute Gasteiger partial charge is 0.495 e. The third-order valence-electron chi connectivity index (χ3n) is 4.20. The molecule has 154 valence electrons. The SMILES string of the molecule is COc1ccccc1NC(=O)Cc1noc(CSc2nnc3nc(C)cc(C)n23)n1. The van der Waals surface area contributed by atoms with Crippen LogP contribution < -0.4 is 10.1 Å². The lowest BCUT2D eigenvalue weighted by Gasteiger charge is -2.08. The minimum absolute atomic E-state index is 0.0115. The predicted molar refractivity (Wildman–Crippen MR) is 109 cm³/mol. The van der Waals surface area contributed by atoms with Gasteiger partial charge in [0.25, 0.3) is 5.78 Å². The van der Waals surface area contributed by atoms with E-state index in [1.165, 1.54) is 11.8 Å². The van der Waals surface area contributed by atoms with Crippen LogP contribution in [-0.2, 0) is 17.0 Å². The first kappa shape index (κ1) is 19.8. The van der Waals surface area contributed by atoms with Gasteiger partial charge in [0.15, 0.2) is 11.0 Å². The second-order valence-electron chi connectivity index (χ2n) is 6.48. The monoisotopic (exact) mass is 425 g/mol. The number of rotatable bonds is 7. The molecule has 0 aliphatic heterocycles. The maximum atomic E-state index is 12.3. The summed E-state index contributed by atoms with van der Waals surface area (Å²) in [5.41, 5.74) is 2.46. The fraction of sp³-hybridized carbons (Fsp3) is 0.263. The highest BCUT2D eigenvalue weighted by Gasteiger charge is 2.15. The molecular weight excluding hydrogens is 406 g/mol. The van der Waals surface area contributed by atoms with E-state index in [-0.39, 0.29) is 12.3 Å². The Morgan fingerprint density at radius 1 is 1.23 bits per heavy atom. The van der Waals surface area contributed by atoms with E-state index in [0.29, 0.717) is 39.8 Å². The number of nitrogens with one attached hydrogen (secondary N) is 1. The first-order chi connectivity index (χ1) is 14.5. The number of hydrogen-bond donors (Lipinski definition) is 1. The summed E-state index contributed by atoms with van der Waals surface area (Å²) in [5.74, 6) is 1.97. The molecule has 30 heavy (non-hydrogen) atoms. The Morgan fingerprint density at radius 2 is 2.07 bits per heavy atom. The first-order valence-corrected chi connectivity index (χ1v) is 10.1. The van der Waals surface area contributed by atoms with Gasteiger partial charge in [-0.2, -0.15) is 4.98 Å². The molecule has 4 aromatic rings. The number of anilines is 1. The maximum absolute atomic E-state index is 12.3. The molecule has 0 saturated heterocycles. The molecule has 0 fully saturated rings. The molecular formula is C19H19N7O3S. The lowest BCUT2D eigenvalue weighted by atomic mass is 10.2. The van der Waals surface area contributed by atoms with Crippen molar-refractivity contribution in [3.05, 3.63) is 53.4 Å². The highest BCUT2D eigenvalue weighted by molar-refractivity contribution is 7.98. The van der Waals surface area contributed by atoms with Crippen molar-refractivity contribution in [2.24, 2.45) is 0 Å². The Balaban J connectivity index is 1.38. The smallest absolute Gasteiger partial charge is 0.256 e. The minimum Gasteiger partial charge on any atom is -0.495 e. The minimum atomic E-state index is -0.264. The molecule has 0 bridgehead atoms. The Hall–Kier alpha value is -3.47. The third-order valence-corrected chi connectivity index (χ3v) is 5.11. The molecule has 11 heteroatoms. The molecule has 10 nitrogen and oxygen atoms in total. The van der Waals surface area contributed by atoms with Crippen molar-refractivity contribution in [1.29, 1.82) is 0 Å². The molecule has 1 aromatic carbocycles. The molecule has 0 atom stereocenters. The quantitative estimate of drug-likeness (QED) is 0.445. The number of carbonyl (C=O) groups is 1. The topological polar surface area (TPSA) is 120 Å². The van der Waals surface area contributed by atoms with Crippen molar-refractivity contribution in [2.75, 3.05) is 12.4 Å². The highest BCUT2D eigenvalue weighted by Crippen LogP contribution is 2.24. The van der Waals surface area contributed by atoms with E-state index in [4.69, 9.17) is 9.26 Å². The van der Waals surface area contributed by atoms with Crippen LogP contribution in [0.3, 0.4) is 0 Å². The molecule has 3 aromatic heterocycles. The molecule has 3 heterocycles. The van der Waals surface area contributed by atoms with Crippen molar-refractivity contribution in [2.45, 2.75) is 31.2 Å². The summed E-state index contributed by atoms with van der Waals surface area (Å²) in [6.07, 6.45) is -0.0115. The molecule has 0 saturated carbocycles. The number of hydrogen-bond acceptors (Lipinski definition) is 9. The number of amides is 1. The molecule has 0 aliphatic rings. The number of benzene rings is 1. The van der Waals surface area contributed by atoms with Gasteiger partial charge in [-0.15, -0.1) is 10.2 Å². The summed E-state index contributed by atoms with van der Waals surface area (Å²) < 4.78 is 12.4. The first-order valence-electron chi connectivity index (χ1n) is 9.10. The lowest BCUT2D eigenvalue weighted by molar-refractivity contribution is -0.115. The lowest BCUT2D eigenvalue weighted by Crippen LogP contribution is -2.15. The van der Waals surface area contributed by atoms with Crippen LogP contribution >= 0.6 is 11.8 Å². The Morgan fingerprint density at radius 3 is 2.90 bits per heavy atom. The zero-order valence-corrected chi connectivity index (χ0v) is 17.4. The van der Waals surface area contributed by atoms with Crippen molar-refractivity contribution in [3.63, 3.8) is 0 Å².